The van der Waals surface area contributed by atoms with Crippen molar-refractivity contribution in [2.24, 2.45) is 0 Å². The molecule has 4 nitrogen and oxygen atoms in total. The lowest BCUT2D eigenvalue weighted by Gasteiger charge is -2.15. The standard InChI is InChI=1S/2C22H15BO2/c2*24-23(25)21-13-20-16-9-2-1-7-14(16)15-8-3-5-11-18(15)22(20)19-12-6-4-10-17(19)21/h2*1-13,24-25H. The summed E-state index contributed by atoms with van der Waals surface area (Å²) in [5.74, 6) is 0. The van der Waals surface area contributed by atoms with Crippen molar-refractivity contribution < 1.29 is 20.1 Å². The normalized spacial score (nSPS) is 11.6. The highest BCUT2D eigenvalue weighted by molar-refractivity contribution is 6.63. The zero-order valence-electron chi connectivity index (χ0n) is 27.0. The molecule has 0 unspecified atom stereocenters. The van der Waals surface area contributed by atoms with E-state index in [1.807, 2.05) is 72.8 Å². The molecule has 0 spiro atoms. The zero-order chi connectivity index (χ0) is 33.9. The molecule has 10 aromatic rings. The quantitative estimate of drug-likeness (QED) is 0.114. The van der Waals surface area contributed by atoms with E-state index in [0.717, 1.165) is 53.9 Å². The maximum absolute atomic E-state index is 9.92. The molecule has 0 saturated carbocycles. The summed E-state index contributed by atoms with van der Waals surface area (Å²) in [6.45, 7) is 0. The third-order valence-corrected chi connectivity index (χ3v) is 10.1. The maximum atomic E-state index is 9.92. The first-order valence-electron chi connectivity index (χ1n) is 16.7. The maximum Gasteiger partial charge on any atom is 0.489 e. The first-order valence-corrected chi connectivity index (χ1v) is 16.7. The van der Waals surface area contributed by atoms with Gasteiger partial charge in [0.15, 0.2) is 0 Å². The van der Waals surface area contributed by atoms with Crippen molar-refractivity contribution in [1.82, 2.24) is 0 Å². The molecule has 0 radical (unpaired) electrons. The molecule has 0 bridgehead atoms. The lowest BCUT2D eigenvalue weighted by Crippen LogP contribution is -2.30. The summed E-state index contributed by atoms with van der Waals surface area (Å²) in [7, 11) is -3.00. The van der Waals surface area contributed by atoms with Gasteiger partial charge in [-0.25, -0.2) is 0 Å². The van der Waals surface area contributed by atoms with Gasteiger partial charge in [-0.15, -0.1) is 0 Å². The van der Waals surface area contributed by atoms with E-state index in [0.29, 0.717) is 10.9 Å². The van der Waals surface area contributed by atoms with Gasteiger partial charge in [-0.2, -0.15) is 0 Å². The molecule has 0 heterocycles. The Bertz CT molecular complexity index is 2750. The Morgan fingerprint density at radius 2 is 0.440 bits per heavy atom. The van der Waals surface area contributed by atoms with Gasteiger partial charge >= 0.3 is 14.2 Å². The fourth-order valence-electron chi connectivity index (χ4n) is 8.02. The van der Waals surface area contributed by atoms with Crippen molar-refractivity contribution in [2.45, 2.75) is 0 Å². The molecule has 6 heteroatoms. The molecule has 0 aliphatic heterocycles. The van der Waals surface area contributed by atoms with Crippen molar-refractivity contribution in [3.05, 3.63) is 158 Å². The lowest BCUT2D eigenvalue weighted by molar-refractivity contribution is 0.425. The Morgan fingerprint density at radius 3 is 0.720 bits per heavy atom. The number of fused-ring (bicyclic) bond motifs is 16. The molecular formula is C44H30B2O4. The van der Waals surface area contributed by atoms with E-state index >= 15 is 0 Å². The third kappa shape index (κ3) is 4.66. The minimum Gasteiger partial charge on any atom is -0.423 e. The van der Waals surface area contributed by atoms with Crippen LogP contribution in [-0.4, -0.2) is 34.3 Å². The molecule has 50 heavy (non-hydrogen) atoms. The second-order valence-corrected chi connectivity index (χ2v) is 12.8. The van der Waals surface area contributed by atoms with E-state index in [1.165, 1.54) is 32.3 Å². The Hall–Kier alpha value is -5.75. The van der Waals surface area contributed by atoms with E-state index in [9.17, 15) is 20.1 Å². The van der Waals surface area contributed by atoms with E-state index in [1.54, 1.807) is 0 Å². The summed E-state index contributed by atoms with van der Waals surface area (Å²) < 4.78 is 0. The molecule has 0 aromatic heterocycles. The average molecular weight is 644 g/mol. The van der Waals surface area contributed by atoms with E-state index in [2.05, 4.69) is 84.9 Å². The van der Waals surface area contributed by atoms with Crippen LogP contribution in [0.5, 0.6) is 0 Å². The largest absolute Gasteiger partial charge is 0.489 e. The highest BCUT2D eigenvalue weighted by atomic mass is 16.4. The second kappa shape index (κ2) is 12.0. The van der Waals surface area contributed by atoms with E-state index in [4.69, 9.17) is 0 Å². The summed E-state index contributed by atoms with van der Waals surface area (Å²) in [4.78, 5) is 0. The smallest absolute Gasteiger partial charge is 0.423 e. The number of hydrogen-bond acceptors (Lipinski definition) is 4. The number of rotatable bonds is 2. The summed E-state index contributed by atoms with van der Waals surface area (Å²) in [6, 6.07) is 53.2. The van der Waals surface area contributed by atoms with Crippen molar-refractivity contribution in [2.75, 3.05) is 0 Å². The van der Waals surface area contributed by atoms with Gasteiger partial charge in [-0.1, -0.05) is 158 Å². The van der Waals surface area contributed by atoms with E-state index in [-0.39, 0.29) is 0 Å². The van der Waals surface area contributed by atoms with Crippen LogP contribution in [0.2, 0.25) is 0 Å². The van der Waals surface area contributed by atoms with Gasteiger partial charge in [0.2, 0.25) is 0 Å². The van der Waals surface area contributed by atoms with Gasteiger partial charge in [-0.05, 0) is 97.1 Å². The van der Waals surface area contributed by atoms with Gasteiger partial charge in [0.25, 0.3) is 0 Å². The molecule has 0 saturated heterocycles. The molecular weight excluding hydrogens is 614 g/mol. The summed E-state index contributed by atoms with van der Waals surface area (Å²) in [5.41, 5.74) is 1.09. The van der Waals surface area contributed by atoms with Crippen LogP contribution in [0.4, 0.5) is 0 Å². The third-order valence-electron chi connectivity index (χ3n) is 10.1. The lowest BCUT2D eigenvalue weighted by atomic mass is 9.75. The molecule has 236 valence electrons. The predicted molar refractivity (Wildman–Crippen MR) is 213 cm³/mol. The van der Waals surface area contributed by atoms with Crippen LogP contribution in [0.1, 0.15) is 0 Å². The Morgan fingerprint density at radius 1 is 0.240 bits per heavy atom. The first-order chi connectivity index (χ1) is 24.5. The minimum atomic E-state index is -1.50. The number of benzene rings is 10. The SMILES string of the molecule is OB(O)c1cc2c3ccccc3c3ccccc3c2c2ccccc12.OB(O)c1cc2c3ccccc3c3ccccc3c2c2ccccc12. The van der Waals surface area contributed by atoms with Gasteiger partial charge in [0, 0.05) is 0 Å². The molecule has 4 N–H and O–H groups in total. The summed E-state index contributed by atoms with van der Waals surface area (Å²) >= 11 is 0. The fraction of sp³-hybridized carbons (Fsp3) is 0. The molecule has 10 rings (SSSR count). The molecule has 10 aromatic carbocycles. The Kier molecular flexibility index (Phi) is 7.27. The van der Waals surface area contributed by atoms with Gasteiger partial charge in [0.1, 0.15) is 0 Å². The van der Waals surface area contributed by atoms with Crippen molar-refractivity contribution in [3.63, 3.8) is 0 Å². The number of hydrogen-bond donors (Lipinski definition) is 4. The summed E-state index contributed by atoms with van der Waals surface area (Å²) in [6.07, 6.45) is 0. The monoisotopic (exact) mass is 644 g/mol. The first kappa shape index (κ1) is 30.3. The molecule has 0 aliphatic rings. The molecule has 0 atom stereocenters. The van der Waals surface area contributed by atoms with Crippen LogP contribution in [-0.2, 0) is 0 Å². The fourth-order valence-corrected chi connectivity index (χ4v) is 8.02. The van der Waals surface area contributed by atoms with Crippen LogP contribution >= 0.6 is 0 Å². The van der Waals surface area contributed by atoms with Crippen LogP contribution in [0.25, 0.3) is 86.2 Å². The Labute approximate surface area is 288 Å². The van der Waals surface area contributed by atoms with Gasteiger partial charge in [0.05, 0.1) is 0 Å². The predicted octanol–water partition coefficient (Wildman–Crippen LogP) is 7.96. The van der Waals surface area contributed by atoms with E-state index < -0.39 is 14.2 Å². The highest BCUT2D eigenvalue weighted by Crippen LogP contribution is 2.39. The van der Waals surface area contributed by atoms with Gasteiger partial charge in [-0.3, -0.25) is 0 Å². The topological polar surface area (TPSA) is 80.9 Å². The van der Waals surface area contributed by atoms with Crippen molar-refractivity contribution in [1.29, 1.82) is 0 Å². The van der Waals surface area contributed by atoms with Crippen LogP contribution < -0.4 is 10.9 Å². The second-order valence-electron chi connectivity index (χ2n) is 12.8. The van der Waals surface area contributed by atoms with Gasteiger partial charge < -0.3 is 20.1 Å². The zero-order valence-corrected chi connectivity index (χ0v) is 27.0. The Balaban J connectivity index is 0.000000135. The highest BCUT2D eigenvalue weighted by Gasteiger charge is 2.21. The van der Waals surface area contributed by atoms with Crippen LogP contribution in [0, 0.1) is 0 Å². The molecule has 0 amide bonds. The van der Waals surface area contributed by atoms with Crippen LogP contribution in [0.3, 0.4) is 0 Å². The summed E-state index contributed by atoms with van der Waals surface area (Å²) in [5, 5.41) is 57.4. The average Bonchev–Trinajstić information content (AvgIpc) is 3.17. The minimum absolute atomic E-state index is 0.545. The van der Waals surface area contributed by atoms with Crippen LogP contribution in [0.15, 0.2) is 158 Å². The van der Waals surface area contributed by atoms with Crippen molar-refractivity contribution in [3.8, 4) is 0 Å². The molecule has 0 aliphatic carbocycles. The molecule has 0 fully saturated rings. The van der Waals surface area contributed by atoms with Crippen molar-refractivity contribution >= 4 is 111 Å².